The molecule has 3 N–H and O–H groups in total. The van der Waals surface area contributed by atoms with Gasteiger partial charge in [0.25, 0.3) is 10.0 Å². The third-order valence-electron chi connectivity index (χ3n) is 1.92. The first kappa shape index (κ1) is 15.5. The van der Waals surface area contributed by atoms with Crippen LogP contribution in [0.1, 0.15) is 18.2 Å². The highest BCUT2D eigenvalue weighted by molar-refractivity contribution is 7.89. The summed E-state index contributed by atoms with van der Waals surface area (Å²) in [6.07, 6.45) is -0.318. The number of carboxylic acids is 1. The molecule has 0 spiro atoms. The number of hydrogen-bond acceptors (Lipinski definition) is 6. The number of carbonyl (C=O) groups excluding carboxylic acids is 1. The van der Waals surface area contributed by atoms with Crippen LogP contribution in [-0.4, -0.2) is 36.9 Å². The average Bonchev–Trinajstić information content (AvgIpc) is 2.58. The SMILES string of the molecule is CC(=O)Nc1nc(S(=O)(=O)NCCC(=O)O)c(C)s1. The van der Waals surface area contributed by atoms with Crippen LogP contribution in [0.2, 0.25) is 0 Å². The lowest BCUT2D eigenvalue weighted by atomic mass is 10.5. The van der Waals surface area contributed by atoms with E-state index in [0.29, 0.717) is 4.88 Å². The van der Waals surface area contributed by atoms with E-state index in [1.807, 2.05) is 0 Å². The lowest BCUT2D eigenvalue weighted by Crippen LogP contribution is -2.27. The summed E-state index contributed by atoms with van der Waals surface area (Å²) in [6, 6.07) is 0. The number of sulfonamides is 1. The normalized spacial score (nSPS) is 11.3. The number of hydrogen-bond donors (Lipinski definition) is 3. The molecule has 19 heavy (non-hydrogen) atoms. The molecular formula is C9H13N3O5S2. The molecular weight excluding hydrogens is 294 g/mol. The molecule has 0 fully saturated rings. The fourth-order valence-electron chi connectivity index (χ4n) is 1.20. The molecule has 0 unspecified atom stereocenters. The summed E-state index contributed by atoms with van der Waals surface area (Å²) in [7, 11) is -3.87. The van der Waals surface area contributed by atoms with Crippen LogP contribution in [0, 0.1) is 6.92 Å². The van der Waals surface area contributed by atoms with E-state index in [1.54, 1.807) is 6.92 Å². The number of anilines is 1. The number of amides is 1. The minimum atomic E-state index is -3.87. The second-order valence-electron chi connectivity index (χ2n) is 3.60. The van der Waals surface area contributed by atoms with Crippen LogP contribution in [0.15, 0.2) is 5.03 Å². The number of aromatic nitrogens is 1. The van der Waals surface area contributed by atoms with Gasteiger partial charge in [0.15, 0.2) is 10.2 Å². The monoisotopic (exact) mass is 307 g/mol. The molecule has 1 amide bonds. The van der Waals surface area contributed by atoms with Crippen LogP contribution < -0.4 is 10.0 Å². The Labute approximate surface area is 113 Å². The van der Waals surface area contributed by atoms with Crippen molar-refractivity contribution in [3.05, 3.63) is 4.88 Å². The van der Waals surface area contributed by atoms with Crippen molar-refractivity contribution in [1.29, 1.82) is 0 Å². The van der Waals surface area contributed by atoms with E-state index in [4.69, 9.17) is 5.11 Å². The predicted octanol–water partition coefficient (Wildman–Crippen LogP) is 0.163. The molecule has 0 aliphatic carbocycles. The predicted molar refractivity (Wildman–Crippen MR) is 68.6 cm³/mol. The van der Waals surface area contributed by atoms with Crippen molar-refractivity contribution in [2.75, 3.05) is 11.9 Å². The maximum Gasteiger partial charge on any atom is 0.304 e. The Hall–Kier alpha value is -1.52. The zero-order valence-corrected chi connectivity index (χ0v) is 11.9. The van der Waals surface area contributed by atoms with Gasteiger partial charge in [0.05, 0.1) is 6.42 Å². The maximum absolute atomic E-state index is 11.9. The van der Waals surface area contributed by atoms with Crippen molar-refractivity contribution >= 4 is 38.4 Å². The average molecular weight is 307 g/mol. The minimum Gasteiger partial charge on any atom is -0.481 e. The van der Waals surface area contributed by atoms with Gasteiger partial charge in [-0.2, -0.15) is 0 Å². The Morgan fingerprint density at radius 3 is 2.58 bits per heavy atom. The molecule has 0 saturated heterocycles. The van der Waals surface area contributed by atoms with Crippen LogP contribution in [0.3, 0.4) is 0 Å². The summed E-state index contributed by atoms with van der Waals surface area (Å²) in [4.78, 5) is 25.4. The topological polar surface area (TPSA) is 125 Å². The number of nitrogens with zero attached hydrogens (tertiary/aromatic N) is 1. The number of rotatable bonds is 6. The Kier molecular flexibility index (Phi) is 4.97. The second-order valence-corrected chi connectivity index (χ2v) is 6.49. The zero-order valence-electron chi connectivity index (χ0n) is 10.3. The van der Waals surface area contributed by atoms with Crippen LogP contribution in [0.25, 0.3) is 0 Å². The summed E-state index contributed by atoms with van der Waals surface area (Å²) >= 11 is 1.03. The van der Waals surface area contributed by atoms with Crippen LogP contribution in [0.4, 0.5) is 5.13 Å². The second kappa shape index (κ2) is 6.08. The van der Waals surface area contributed by atoms with Gasteiger partial charge in [0, 0.05) is 18.3 Å². The van der Waals surface area contributed by atoms with Crippen molar-refractivity contribution in [1.82, 2.24) is 9.71 Å². The summed E-state index contributed by atoms with van der Waals surface area (Å²) in [5, 5.41) is 10.8. The number of aryl methyl sites for hydroxylation is 1. The zero-order chi connectivity index (χ0) is 14.6. The molecule has 8 nitrogen and oxygen atoms in total. The van der Waals surface area contributed by atoms with Gasteiger partial charge in [-0.15, -0.1) is 11.3 Å². The summed E-state index contributed by atoms with van der Waals surface area (Å²) < 4.78 is 25.9. The van der Waals surface area contributed by atoms with Gasteiger partial charge < -0.3 is 10.4 Å². The van der Waals surface area contributed by atoms with Gasteiger partial charge in [0.1, 0.15) is 0 Å². The highest BCUT2D eigenvalue weighted by Gasteiger charge is 2.22. The minimum absolute atomic E-state index is 0.184. The quantitative estimate of drug-likeness (QED) is 0.687. The fourth-order valence-corrected chi connectivity index (χ4v) is 3.56. The first-order valence-electron chi connectivity index (χ1n) is 5.19. The third kappa shape index (κ3) is 4.58. The van der Waals surface area contributed by atoms with E-state index < -0.39 is 16.0 Å². The molecule has 0 aliphatic heterocycles. The molecule has 0 aliphatic rings. The highest BCUT2D eigenvalue weighted by Crippen LogP contribution is 2.25. The Morgan fingerprint density at radius 1 is 1.42 bits per heavy atom. The van der Waals surface area contributed by atoms with Gasteiger partial charge in [-0.1, -0.05) is 0 Å². The van der Waals surface area contributed by atoms with E-state index in [2.05, 4.69) is 15.0 Å². The van der Waals surface area contributed by atoms with E-state index in [-0.39, 0.29) is 29.0 Å². The lowest BCUT2D eigenvalue weighted by molar-refractivity contribution is -0.136. The summed E-state index contributed by atoms with van der Waals surface area (Å²) in [6.45, 7) is 2.62. The maximum atomic E-state index is 11.9. The fraction of sp³-hybridized carbons (Fsp3) is 0.444. The number of aliphatic carboxylic acids is 1. The molecule has 1 aromatic rings. The van der Waals surface area contributed by atoms with Crippen molar-refractivity contribution in [3.63, 3.8) is 0 Å². The van der Waals surface area contributed by atoms with Crippen LogP contribution in [-0.2, 0) is 19.6 Å². The van der Waals surface area contributed by atoms with Crippen LogP contribution in [0.5, 0.6) is 0 Å². The first-order valence-corrected chi connectivity index (χ1v) is 7.49. The van der Waals surface area contributed by atoms with Crippen molar-refractivity contribution in [2.45, 2.75) is 25.3 Å². The molecule has 0 saturated carbocycles. The Morgan fingerprint density at radius 2 is 2.05 bits per heavy atom. The molecule has 10 heteroatoms. The first-order chi connectivity index (χ1) is 8.72. The van der Waals surface area contributed by atoms with Crippen molar-refractivity contribution < 1.29 is 23.1 Å². The van der Waals surface area contributed by atoms with Gasteiger partial charge >= 0.3 is 5.97 Å². The standard InChI is InChI=1S/C9H13N3O5S2/c1-5-8(12-9(18-5)11-6(2)13)19(16,17)10-4-3-7(14)15/h10H,3-4H2,1-2H3,(H,14,15)(H,11,12,13). The van der Waals surface area contributed by atoms with Gasteiger partial charge in [0.2, 0.25) is 5.91 Å². The number of carbonyl (C=O) groups is 2. The molecule has 0 bridgehead atoms. The van der Waals surface area contributed by atoms with E-state index in [9.17, 15) is 18.0 Å². The van der Waals surface area contributed by atoms with Crippen molar-refractivity contribution in [2.24, 2.45) is 0 Å². The molecule has 106 valence electrons. The number of thiazole rings is 1. The van der Waals surface area contributed by atoms with E-state index >= 15 is 0 Å². The molecule has 0 radical (unpaired) electrons. The smallest absolute Gasteiger partial charge is 0.304 e. The summed E-state index contributed by atoms with van der Waals surface area (Å²) in [5.74, 6) is -1.45. The highest BCUT2D eigenvalue weighted by atomic mass is 32.2. The Bertz CT molecular complexity index is 593. The van der Waals surface area contributed by atoms with Crippen LogP contribution >= 0.6 is 11.3 Å². The molecule has 1 heterocycles. The van der Waals surface area contributed by atoms with Crippen molar-refractivity contribution in [3.8, 4) is 0 Å². The van der Waals surface area contributed by atoms with Gasteiger partial charge in [-0.3, -0.25) is 9.59 Å². The molecule has 0 aromatic carbocycles. The molecule has 0 atom stereocenters. The lowest BCUT2D eigenvalue weighted by Gasteiger charge is -2.03. The summed E-state index contributed by atoms with van der Waals surface area (Å²) in [5.41, 5.74) is 0. The third-order valence-corrected chi connectivity index (χ3v) is 4.43. The number of carboxylic acid groups (broad SMARTS) is 1. The van der Waals surface area contributed by atoms with E-state index in [0.717, 1.165) is 11.3 Å². The van der Waals surface area contributed by atoms with Gasteiger partial charge in [-0.05, 0) is 6.92 Å². The Balaban J connectivity index is 2.86. The van der Waals surface area contributed by atoms with Gasteiger partial charge in [-0.25, -0.2) is 18.1 Å². The molecule has 1 aromatic heterocycles. The van der Waals surface area contributed by atoms with E-state index in [1.165, 1.54) is 6.92 Å². The largest absolute Gasteiger partial charge is 0.481 e. The molecule has 1 rings (SSSR count). The number of nitrogens with one attached hydrogen (secondary N) is 2.